The number of carbonyl (C=O) groups excluding carboxylic acids is 8. The molecule has 0 aliphatic carbocycles. The van der Waals surface area contributed by atoms with E-state index in [9.17, 15) is 43.5 Å². The van der Waals surface area contributed by atoms with Crippen molar-refractivity contribution in [1.82, 2.24) is 36.8 Å². The van der Waals surface area contributed by atoms with Crippen molar-refractivity contribution in [3.8, 4) is 5.75 Å². The van der Waals surface area contributed by atoms with Gasteiger partial charge in [0.1, 0.15) is 29.9 Å². The van der Waals surface area contributed by atoms with Gasteiger partial charge in [-0.3, -0.25) is 43.3 Å². The smallest absolute Gasteiger partial charge is 0.290 e. The minimum atomic E-state index is -1.40. The topological polar surface area (TPSA) is 297 Å². The molecule has 2 aliphatic rings. The maximum absolute atomic E-state index is 14.2. The number of phenols is 1. The number of hydrogen-bond acceptors (Lipinski definition) is 10. The van der Waals surface area contributed by atoms with Crippen LogP contribution >= 0.6 is 0 Å². The fourth-order valence-electron chi connectivity index (χ4n) is 6.73. The lowest BCUT2D eigenvalue weighted by Crippen LogP contribution is -2.60. The molecule has 1 aromatic carbocycles. The quantitative estimate of drug-likeness (QED) is 0.0482. The maximum atomic E-state index is 14.2. The average molecular weight is 839 g/mol. The van der Waals surface area contributed by atoms with Crippen LogP contribution in [0, 0.1) is 11.8 Å². The summed E-state index contributed by atoms with van der Waals surface area (Å²) in [4.78, 5) is 114. The molecule has 0 bridgehead atoms. The highest BCUT2D eigenvalue weighted by Gasteiger charge is 2.40. The molecule has 60 heavy (non-hydrogen) atoms. The van der Waals surface area contributed by atoms with Gasteiger partial charge in [0.05, 0.1) is 12.1 Å². The van der Waals surface area contributed by atoms with Gasteiger partial charge in [-0.2, -0.15) is 0 Å². The molecule has 1 fully saturated rings. The Balaban J connectivity index is 2.05. The van der Waals surface area contributed by atoms with E-state index in [0.29, 0.717) is 18.4 Å². The Hall–Kier alpha value is -6.01. The molecule has 7 amide bonds. The van der Waals surface area contributed by atoms with Crippen LogP contribution in [0.15, 0.2) is 41.4 Å². The summed E-state index contributed by atoms with van der Waals surface area (Å²) >= 11 is 0. The predicted octanol–water partition coefficient (Wildman–Crippen LogP) is -0.839. The molecule has 1 unspecified atom stereocenters. The SMILES string of the molecule is CCC(C)CC(=O)N[C@@H](C)C(=O)N[C@H]1CNC(=O)/C=C/[C@H](Cc2ccc(O)cc2)NC(=O)[C@@H]([C@@H](C)CC)NC(=O)C(=O)[C@H](CCCN=C(N)N)NC(=O)[C@@H]2CCCN2C1=O. The summed E-state index contributed by atoms with van der Waals surface area (Å²) in [7, 11) is 0. The van der Waals surface area contributed by atoms with E-state index in [2.05, 4.69) is 36.9 Å². The molecular weight excluding hydrogens is 777 g/mol. The Labute approximate surface area is 350 Å². The molecule has 19 heteroatoms. The van der Waals surface area contributed by atoms with Crippen LogP contribution < -0.4 is 43.4 Å². The minimum absolute atomic E-state index is 0.0208. The summed E-state index contributed by atoms with van der Waals surface area (Å²) in [6, 6.07) is -0.815. The molecule has 1 saturated heterocycles. The van der Waals surface area contributed by atoms with Gasteiger partial charge in [0.15, 0.2) is 5.96 Å². The van der Waals surface area contributed by atoms with Crippen molar-refractivity contribution in [3.63, 3.8) is 0 Å². The Bertz CT molecular complexity index is 1760. The van der Waals surface area contributed by atoms with Gasteiger partial charge in [-0.15, -0.1) is 0 Å². The van der Waals surface area contributed by atoms with Gasteiger partial charge < -0.3 is 53.4 Å². The molecule has 3 rings (SSSR count). The number of nitrogens with one attached hydrogen (secondary N) is 6. The molecule has 330 valence electrons. The Morgan fingerprint density at radius 3 is 2.32 bits per heavy atom. The molecule has 0 aromatic heterocycles. The fraction of sp³-hybridized carbons (Fsp3) is 0.585. The zero-order valence-corrected chi connectivity index (χ0v) is 35.1. The Morgan fingerprint density at radius 2 is 1.67 bits per heavy atom. The molecule has 0 radical (unpaired) electrons. The molecule has 0 spiro atoms. The zero-order valence-electron chi connectivity index (χ0n) is 35.1. The Kier molecular flexibility index (Phi) is 19.0. The summed E-state index contributed by atoms with van der Waals surface area (Å²) in [5.74, 6) is -6.55. The maximum Gasteiger partial charge on any atom is 0.290 e. The van der Waals surface area contributed by atoms with Gasteiger partial charge in [0.25, 0.3) is 5.91 Å². The highest BCUT2D eigenvalue weighted by atomic mass is 16.3. The lowest BCUT2D eigenvalue weighted by atomic mass is 9.96. The first-order chi connectivity index (χ1) is 28.4. The lowest BCUT2D eigenvalue weighted by molar-refractivity contribution is -0.144. The number of amides is 7. The average Bonchev–Trinajstić information content (AvgIpc) is 3.71. The van der Waals surface area contributed by atoms with Crippen LogP contribution in [0.25, 0.3) is 0 Å². The molecule has 8 atom stereocenters. The van der Waals surface area contributed by atoms with Gasteiger partial charge in [-0.05, 0) is 68.6 Å². The van der Waals surface area contributed by atoms with Crippen LogP contribution in [0.1, 0.15) is 85.1 Å². The number of phenolic OH excluding ortho intramolecular Hbond substituents is 1. The number of benzene rings is 1. The summed E-state index contributed by atoms with van der Waals surface area (Å²) in [5.41, 5.74) is 11.6. The van der Waals surface area contributed by atoms with Crippen LogP contribution in [0.4, 0.5) is 0 Å². The fourth-order valence-corrected chi connectivity index (χ4v) is 6.73. The number of aromatic hydroxyl groups is 1. The molecule has 2 heterocycles. The van der Waals surface area contributed by atoms with E-state index in [0.717, 1.165) is 12.5 Å². The van der Waals surface area contributed by atoms with E-state index in [-0.39, 0.29) is 68.7 Å². The highest BCUT2D eigenvalue weighted by Crippen LogP contribution is 2.20. The number of nitrogens with two attached hydrogens (primary N) is 2. The number of aliphatic imine (C=N–C) groups is 1. The van der Waals surface area contributed by atoms with E-state index < -0.39 is 89.9 Å². The van der Waals surface area contributed by atoms with E-state index in [1.807, 2.05) is 13.8 Å². The van der Waals surface area contributed by atoms with Crippen molar-refractivity contribution in [2.45, 2.75) is 122 Å². The summed E-state index contributed by atoms with van der Waals surface area (Å²) in [6.45, 7) is 8.59. The number of guanidine groups is 1. The van der Waals surface area contributed by atoms with Gasteiger partial charge in [-0.25, -0.2) is 0 Å². The van der Waals surface area contributed by atoms with Crippen molar-refractivity contribution in [2.75, 3.05) is 19.6 Å². The predicted molar refractivity (Wildman–Crippen MR) is 222 cm³/mol. The summed E-state index contributed by atoms with van der Waals surface area (Å²) < 4.78 is 0. The first kappa shape index (κ1) is 48.4. The molecule has 19 nitrogen and oxygen atoms in total. The molecule has 11 N–H and O–H groups in total. The highest BCUT2D eigenvalue weighted by molar-refractivity contribution is 6.38. The number of hydrogen-bond donors (Lipinski definition) is 9. The van der Waals surface area contributed by atoms with Crippen molar-refractivity contribution in [1.29, 1.82) is 0 Å². The first-order valence-electron chi connectivity index (χ1n) is 20.6. The minimum Gasteiger partial charge on any atom is -0.508 e. The molecule has 1 aromatic rings. The van der Waals surface area contributed by atoms with Crippen molar-refractivity contribution >= 4 is 53.1 Å². The number of ketones is 1. The van der Waals surface area contributed by atoms with Crippen molar-refractivity contribution in [2.24, 2.45) is 28.3 Å². The zero-order chi connectivity index (χ0) is 44.5. The summed E-state index contributed by atoms with van der Waals surface area (Å²) in [6.07, 6.45) is 4.78. The Morgan fingerprint density at radius 1 is 0.967 bits per heavy atom. The number of carbonyl (C=O) groups is 8. The monoisotopic (exact) mass is 838 g/mol. The number of nitrogens with zero attached hydrogens (tertiary/aromatic N) is 2. The van der Waals surface area contributed by atoms with Crippen LogP contribution in [-0.4, -0.2) is 119 Å². The van der Waals surface area contributed by atoms with Gasteiger partial charge in [0, 0.05) is 32.1 Å². The van der Waals surface area contributed by atoms with Crippen molar-refractivity contribution < 1.29 is 43.5 Å². The van der Waals surface area contributed by atoms with Crippen LogP contribution in [0.2, 0.25) is 0 Å². The lowest BCUT2D eigenvalue weighted by Gasteiger charge is -2.30. The third-order valence-electron chi connectivity index (χ3n) is 10.7. The third-order valence-corrected chi connectivity index (χ3v) is 10.7. The molecule has 0 saturated carbocycles. The third kappa shape index (κ3) is 15.0. The van der Waals surface area contributed by atoms with Crippen LogP contribution in [0.3, 0.4) is 0 Å². The van der Waals surface area contributed by atoms with E-state index in [1.54, 1.807) is 26.0 Å². The van der Waals surface area contributed by atoms with Crippen molar-refractivity contribution in [3.05, 3.63) is 42.0 Å². The molecule has 2 aliphatic heterocycles. The standard InChI is InChI=1S/C41H62N10O9/c1-6-23(3)20-33(54)46-25(5)36(56)49-30-22-45-32(53)17-14-27(21-26-12-15-28(52)16-13-26)47-38(58)34(24(4)7-2)50-39(59)35(55)29(10-8-18-44-41(42)43)48-37(57)31-11-9-19-51(31)40(30)60/h12-17,23-25,27,29-31,34,52H,6-11,18-22H2,1-5H3,(H,45,53)(H,46,54)(H,47,58)(H,48,57)(H,49,56)(H,50,59)(H4,42,43,44)/b17-14+/t23?,24-,25-,27+,29-,30-,31-,34+/m0/s1. The first-order valence-corrected chi connectivity index (χ1v) is 20.6. The second-order valence-corrected chi connectivity index (χ2v) is 15.6. The number of rotatable bonds is 14. The number of Topliss-reactive ketones (excluding diaryl/α,β-unsaturated/α-hetero) is 1. The molecular formula is C41H62N10O9. The largest absolute Gasteiger partial charge is 0.508 e. The summed E-state index contributed by atoms with van der Waals surface area (Å²) in [5, 5.41) is 25.7. The number of fused-ring (bicyclic) bond motifs is 1. The normalized spacial score (nSPS) is 24.1. The van der Waals surface area contributed by atoms with Crippen LogP contribution in [0.5, 0.6) is 5.75 Å². The van der Waals surface area contributed by atoms with Crippen LogP contribution in [-0.2, 0) is 44.8 Å². The van der Waals surface area contributed by atoms with Gasteiger partial charge in [0.2, 0.25) is 41.2 Å². The van der Waals surface area contributed by atoms with Gasteiger partial charge >= 0.3 is 0 Å². The van der Waals surface area contributed by atoms with E-state index in [4.69, 9.17) is 11.5 Å². The van der Waals surface area contributed by atoms with E-state index >= 15 is 0 Å². The van der Waals surface area contributed by atoms with E-state index in [1.165, 1.54) is 30.0 Å². The van der Waals surface area contributed by atoms with Gasteiger partial charge in [-0.1, -0.05) is 58.7 Å². The second-order valence-electron chi connectivity index (χ2n) is 15.6. The second kappa shape index (κ2) is 23.5.